The van der Waals surface area contributed by atoms with Gasteiger partial charge in [0.25, 0.3) is 0 Å². The summed E-state index contributed by atoms with van der Waals surface area (Å²) in [5.74, 6) is -0.409. The average Bonchev–Trinajstić information content (AvgIpc) is 2.84. The maximum absolute atomic E-state index is 12.0. The molecule has 0 radical (unpaired) electrons. The van der Waals surface area contributed by atoms with Gasteiger partial charge < -0.3 is 9.88 Å². The van der Waals surface area contributed by atoms with Gasteiger partial charge in [-0.15, -0.1) is 10.2 Å². The quantitative estimate of drug-likeness (QED) is 0.829. The molecule has 1 aromatic heterocycles. The summed E-state index contributed by atoms with van der Waals surface area (Å²) in [6.45, 7) is -1.35. The van der Waals surface area contributed by atoms with Gasteiger partial charge in [-0.1, -0.05) is 35.5 Å². The molecule has 5 nitrogen and oxygen atoms in total. The summed E-state index contributed by atoms with van der Waals surface area (Å²) in [7, 11) is 1.69. The zero-order valence-electron chi connectivity index (χ0n) is 11.9. The van der Waals surface area contributed by atoms with Crippen molar-refractivity contribution in [1.29, 1.82) is 0 Å². The minimum Gasteiger partial charge on any atom is -0.346 e. The third-order valence-corrected chi connectivity index (χ3v) is 4.12. The van der Waals surface area contributed by atoms with Gasteiger partial charge in [-0.3, -0.25) is 4.79 Å². The van der Waals surface area contributed by atoms with Crippen molar-refractivity contribution in [2.75, 3.05) is 12.3 Å². The predicted molar refractivity (Wildman–Crippen MR) is 81.2 cm³/mol. The van der Waals surface area contributed by atoms with Crippen LogP contribution in [0, 0.1) is 0 Å². The normalized spacial score (nSPS) is 11.5. The Morgan fingerprint density at radius 2 is 2.04 bits per heavy atom. The van der Waals surface area contributed by atoms with Gasteiger partial charge in [-0.05, 0) is 12.1 Å². The molecule has 0 bridgehead atoms. The maximum Gasteiger partial charge on any atom is 0.405 e. The van der Waals surface area contributed by atoms with Gasteiger partial charge in [0, 0.05) is 12.6 Å². The molecule has 0 atom stereocenters. The first-order valence-electron chi connectivity index (χ1n) is 6.38. The Morgan fingerprint density at radius 1 is 1.35 bits per heavy atom. The van der Waals surface area contributed by atoms with Crippen molar-refractivity contribution in [3.63, 3.8) is 0 Å². The highest BCUT2D eigenvalue weighted by atomic mass is 35.5. The Hall–Kier alpha value is -1.74. The Bertz CT molecular complexity index is 705. The number of nitrogens with zero attached hydrogens (tertiary/aromatic N) is 3. The van der Waals surface area contributed by atoms with Crippen LogP contribution in [-0.4, -0.2) is 39.1 Å². The van der Waals surface area contributed by atoms with E-state index in [-0.39, 0.29) is 5.75 Å². The minimum absolute atomic E-state index is 0.190. The van der Waals surface area contributed by atoms with Crippen molar-refractivity contribution >= 4 is 29.3 Å². The summed E-state index contributed by atoms with van der Waals surface area (Å²) in [5, 5.41) is 10.6. The van der Waals surface area contributed by atoms with Crippen LogP contribution in [-0.2, 0) is 11.8 Å². The van der Waals surface area contributed by atoms with E-state index in [1.54, 1.807) is 41.2 Å². The lowest BCUT2D eigenvalue weighted by atomic mass is 10.2. The van der Waals surface area contributed by atoms with Crippen LogP contribution in [0.2, 0.25) is 5.02 Å². The SMILES string of the molecule is Cn1c(SCC(=O)NCC(F)(F)F)nnc1-c1ccccc1Cl. The molecule has 0 saturated heterocycles. The summed E-state index contributed by atoms with van der Waals surface area (Å²) in [6, 6.07) is 7.07. The van der Waals surface area contributed by atoms with Gasteiger partial charge in [0.05, 0.1) is 10.8 Å². The van der Waals surface area contributed by atoms with E-state index >= 15 is 0 Å². The Kier molecular flexibility index (Phi) is 5.53. The number of carbonyl (C=O) groups is 1. The number of thioether (sulfide) groups is 1. The molecule has 0 saturated carbocycles. The molecule has 0 spiro atoms. The highest BCUT2D eigenvalue weighted by Crippen LogP contribution is 2.28. The number of carbonyl (C=O) groups excluding carboxylic acids is 1. The molecule has 1 heterocycles. The highest BCUT2D eigenvalue weighted by molar-refractivity contribution is 7.99. The number of amides is 1. The predicted octanol–water partition coefficient (Wildman–Crippen LogP) is 2.91. The van der Waals surface area contributed by atoms with Gasteiger partial charge in [-0.2, -0.15) is 13.2 Å². The van der Waals surface area contributed by atoms with Crippen LogP contribution in [0.25, 0.3) is 11.4 Å². The van der Waals surface area contributed by atoms with Crippen molar-refractivity contribution < 1.29 is 18.0 Å². The molecular weight excluding hydrogens is 353 g/mol. The van der Waals surface area contributed by atoms with Crippen molar-refractivity contribution in [1.82, 2.24) is 20.1 Å². The smallest absolute Gasteiger partial charge is 0.346 e. The maximum atomic E-state index is 12.0. The number of halogens is 4. The van der Waals surface area contributed by atoms with E-state index in [1.165, 1.54) is 0 Å². The fourth-order valence-corrected chi connectivity index (χ4v) is 2.66. The first-order valence-corrected chi connectivity index (χ1v) is 7.75. The third-order valence-electron chi connectivity index (χ3n) is 2.77. The number of nitrogens with one attached hydrogen (secondary N) is 1. The van der Waals surface area contributed by atoms with Gasteiger partial charge in [-0.25, -0.2) is 0 Å². The Morgan fingerprint density at radius 3 is 2.70 bits per heavy atom. The van der Waals surface area contributed by atoms with Crippen LogP contribution in [0.5, 0.6) is 0 Å². The lowest BCUT2D eigenvalue weighted by Crippen LogP contribution is -2.34. The number of rotatable bonds is 5. The first kappa shape index (κ1) is 17.6. The van der Waals surface area contributed by atoms with Crippen LogP contribution in [0.3, 0.4) is 0 Å². The number of aromatic nitrogens is 3. The molecule has 0 aliphatic heterocycles. The van der Waals surface area contributed by atoms with E-state index in [9.17, 15) is 18.0 Å². The van der Waals surface area contributed by atoms with E-state index in [0.29, 0.717) is 21.6 Å². The van der Waals surface area contributed by atoms with E-state index in [0.717, 1.165) is 11.8 Å². The second kappa shape index (κ2) is 7.22. The summed E-state index contributed by atoms with van der Waals surface area (Å²) in [6.07, 6.45) is -4.43. The number of alkyl halides is 3. The molecule has 1 aromatic carbocycles. The second-order valence-corrected chi connectivity index (χ2v) is 5.88. The number of benzene rings is 1. The van der Waals surface area contributed by atoms with Gasteiger partial charge in [0.2, 0.25) is 5.91 Å². The van der Waals surface area contributed by atoms with Crippen LogP contribution < -0.4 is 5.32 Å². The van der Waals surface area contributed by atoms with E-state index in [2.05, 4.69) is 10.2 Å². The summed E-state index contributed by atoms with van der Waals surface area (Å²) >= 11 is 7.09. The lowest BCUT2D eigenvalue weighted by Gasteiger charge is -2.08. The first-order chi connectivity index (χ1) is 10.8. The van der Waals surface area contributed by atoms with Crippen molar-refractivity contribution in [3.8, 4) is 11.4 Å². The van der Waals surface area contributed by atoms with Crippen molar-refractivity contribution in [2.45, 2.75) is 11.3 Å². The molecule has 0 aliphatic carbocycles. The van der Waals surface area contributed by atoms with Gasteiger partial charge in [0.15, 0.2) is 11.0 Å². The molecule has 0 fully saturated rings. The lowest BCUT2D eigenvalue weighted by molar-refractivity contribution is -0.136. The van der Waals surface area contributed by atoms with E-state index in [1.807, 2.05) is 0 Å². The molecule has 23 heavy (non-hydrogen) atoms. The van der Waals surface area contributed by atoms with Crippen LogP contribution in [0.1, 0.15) is 0 Å². The topological polar surface area (TPSA) is 59.8 Å². The standard InChI is InChI=1S/C13H12ClF3N4OS/c1-21-11(8-4-2-3-5-9(8)14)19-20-12(21)23-6-10(22)18-7-13(15,16)17/h2-5H,6-7H2,1H3,(H,18,22). The Balaban J connectivity index is 2.01. The fraction of sp³-hybridized carbons (Fsp3) is 0.308. The summed E-state index contributed by atoms with van der Waals surface area (Å²) in [5.41, 5.74) is 0.678. The zero-order chi connectivity index (χ0) is 17.0. The van der Waals surface area contributed by atoms with Crippen LogP contribution >= 0.6 is 23.4 Å². The molecule has 0 unspecified atom stereocenters. The number of hydrogen-bond donors (Lipinski definition) is 1. The van der Waals surface area contributed by atoms with Crippen molar-refractivity contribution in [2.24, 2.45) is 7.05 Å². The van der Waals surface area contributed by atoms with Crippen LogP contribution in [0.15, 0.2) is 29.4 Å². The molecular formula is C13H12ClF3N4OS. The fourth-order valence-electron chi connectivity index (χ4n) is 1.70. The monoisotopic (exact) mass is 364 g/mol. The van der Waals surface area contributed by atoms with Crippen molar-refractivity contribution in [3.05, 3.63) is 29.3 Å². The summed E-state index contributed by atoms with van der Waals surface area (Å²) < 4.78 is 37.7. The molecule has 1 amide bonds. The van der Waals surface area contributed by atoms with Gasteiger partial charge in [0.1, 0.15) is 6.54 Å². The average molecular weight is 365 g/mol. The second-order valence-electron chi connectivity index (χ2n) is 4.53. The molecule has 124 valence electrons. The van der Waals surface area contributed by atoms with E-state index in [4.69, 9.17) is 11.6 Å². The number of hydrogen-bond acceptors (Lipinski definition) is 4. The Labute approximate surface area is 139 Å². The molecule has 2 aromatic rings. The van der Waals surface area contributed by atoms with Crippen LogP contribution in [0.4, 0.5) is 13.2 Å². The van der Waals surface area contributed by atoms with Gasteiger partial charge >= 0.3 is 6.18 Å². The molecule has 0 aliphatic rings. The molecule has 1 N–H and O–H groups in total. The zero-order valence-corrected chi connectivity index (χ0v) is 13.5. The molecule has 2 rings (SSSR count). The largest absolute Gasteiger partial charge is 0.405 e. The third kappa shape index (κ3) is 4.87. The van der Waals surface area contributed by atoms with E-state index < -0.39 is 18.6 Å². The minimum atomic E-state index is -4.43. The highest BCUT2D eigenvalue weighted by Gasteiger charge is 2.27. The summed E-state index contributed by atoms with van der Waals surface area (Å²) in [4.78, 5) is 11.4. The molecule has 10 heteroatoms.